The minimum atomic E-state index is -0.318. The molecule has 0 atom stereocenters. The van der Waals surface area contributed by atoms with Gasteiger partial charge in [0.25, 0.3) is 0 Å². The van der Waals surface area contributed by atoms with E-state index in [-0.39, 0.29) is 6.03 Å². The van der Waals surface area contributed by atoms with Crippen LogP contribution in [0.15, 0.2) is 24.3 Å². The molecule has 1 aromatic rings. The molecule has 122 valence electrons. The molecular weight excluding hydrogens is 280 g/mol. The highest BCUT2D eigenvalue weighted by molar-refractivity contribution is 5.88. The third-order valence-electron chi connectivity index (χ3n) is 4.16. The quantitative estimate of drug-likeness (QED) is 0.806. The van der Waals surface area contributed by atoms with Crippen molar-refractivity contribution in [3.63, 3.8) is 0 Å². The molecule has 1 fully saturated rings. The molecule has 1 aliphatic carbocycles. The highest BCUT2D eigenvalue weighted by Gasteiger charge is 2.13. The van der Waals surface area contributed by atoms with E-state index in [4.69, 9.17) is 9.57 Å². The summed E-state index contributed by atoms with van der Waals surface area (Å²) in [6.07, 6.45) is 7.89. The maximum atomic E-state index is 11.7. The molecule has 1 saturated carbocycles. The average Bonchev–Trinajstić information content (AvgIpc) is 2.55. The number of ether oxygens (including phenoxy) is 1. The van der Waals surface area contributed by atoms with Crippen LogP contribution in [0.4, 0.5) is 10.5 Å². The summed E-state index contributed by atoms with van der Waals surface area (Å²) in [5, 5.41) is 3.89. The van der Waals surface area contributed by atoms with Crippen LogP contribution >= 0.6 is 0 Å². The first kappa shape index (κ1) is 16.6. The number of anilines is 1. The molecule has 5 nitrogen and oxygen atoms in total. The van der Waals surface area contributed by atoms with Crippen molar-refractivity contribution >= 4 is 11.7 Å². The number of nitrogens with zero attached hydrogens (tertiary/aromatic N) is 1. The Balaban J connectivity index is 1.79. The number of nitrogens with one attached hydrogen (secondary N) is 1. The first-order valence-corrected chi connectivity index (χ1v) is 8.00. The summed E-state index contributed by atoms with van der Waals surface area (Å²) < 4.78 is 5.82. The topological polar surface area (TPSA) is 50.8 Å². The summed E-state index contributed by atoms with van der Waals surface area (Å²) in [6.45, 7) is 0.736. The SMILES string of the molecule is CON(C)C(=O)Nc1cccc(OCCC2CCCCC2)c1. The fourth-order valence-electron chi connectivity index (χ4n) is 2.77. The van der Waals surface area contributed by atoms with Crippen molar-refractivity contribution in [3.8, 4) is 5.75 Å². The van der Waals surface area contributed by atoms with E-state index < -0.39 is 0 Å². The molecule has 0 heterocycles. The lowest BCUT2D eigenvalue weighted by Crippen LogP contribution is -2.30. The second-order valence-electron chi connectivity index (χ2n) is 5.78. The number of hydrogen-bond donors (Lipinski definition) is 1. The second kappa shape index (κ2) is 8.63. The predicted octanol–water partition coefficient (Wildman–Crippen LogP) is 4.06. The summed E-state index contributed by atoms with van der Waals surface area (Å²) in [4.78, 5) is 16.6. The van der Waals surface area contributed by atoms with E-state index in [1.54, 1.807) is 7.05 Å². The fraction of sp³-hybridized carbons (Fsp3) is 0.588. The van der Waals surface area contributed by atoms with Crippen LogP contribution in [0, 0.1) is 5.92 Å². The number of carbonyl (C=O) groups excluding carboxylic acids is 1. The lowest BCUT2D eigenvalue weighted by atomic mass is 9.87. The van der Waals surface area contributed by atoms with Gasteiger partial charge in [0.2, 0.25) is 0 Å². The molecule has 0 aromatic heterocycles. The third-order valence-corrected chi connectivity index (χ3v) is 4.16. The Morgan fingerprint density at radius 2 is 2.09 bits per heavy atom. The number of rotatable bonds is 6. The number of hydroxylamine groups is 2. The van der Waals surface area contributed by atoms with Gasteiger partial charge >= 0.3 is 6.03 Å². The molecule has 0 saturated heterocycles. The molecule has 1 aliphatic rings. The monoisotopic (exact) mass is 306 g/mol. The van der Waals surface area contributed by atoms with Gasteiger partial charge in [0, 0.05) is 18.8 Å². The van der Waals surface area contributed by atoms with Crippen molar-refractivity contribution in [1.82, 2.24) is 5.06 Å². The second-order valence-corrected chi connectivity index (χ2v) is 5.78. The van der Waals surface area contributed by atoms with E-state index in [2.05, 4.69) is 5.32 Å². The standard InChI is InChI=1S/C17H26N2O3/c1-19(21-2)17(20)18-15-9-6-10-16(13-15)22-12-11-14-7-4-3-5-8-14/h6,9-10,13-14H,3-5,7-8,11-12H2,1-2H3,(H,18,20). The zero-order valence-electron chi connectivity index (χ0n) is 13.5. The van der Waals surface area contributed by atoms with Crippen LogP contribution in [-0.2, 0) is 4.84 Å². The van der Waals surface area contributed by atoms with E-state index in [0.717, 1.165) is 29.8 Å². The molecule has 0 spiro atoms. The van der Waals surface area contributed by atoms with Crippen LogP contribution in [-0.4, -0.2) is 31.9 Å². The molecule has 0 radical (unpaired) electrons. The summed E-state index contributed by atoms with van der Waals surface area (Å²) in [5.74, 6) is 1.60. The minimum absolute atomic E-state index is 0.318. The molecular formula is C17H26N2O3. The Kier molecular flexibility index (Phi) is 6.52. The van der Waals surface area contributed by atoms with Gasteiger partial charge in [-0.15, -0.1) is 0 Å². The van der Waals surface area contributed by atoms with Crippen LogP contribution in [0.3, 0.4) is 0 Å². The Morgan fingerprint density at radius 3 is 2.82 bits per heavy atom. The van der Waals surface area contributed by atoms with Gasteiger partial charge in [0.05, 0.1) is 13.7 Å². The summed E-state index contributed by atoms with van der Waals surface area (Å²) in [5.41, 5.74) is 0.698. The number of benzene rings is 1. The zero-order chi connectivity index (χ0) is 15.8. The van der Waals surface area contributed by atoms with Crippen molar-refractivity contribution in [1.29, 1.82) is 0 Å². The average molecular weight is 306 g/mol. The molecule has 22 heavy (non-hydrogen) atoms. The van der Waals surface area contributed by atoms with E-state index in [1.807, 2.05) is 24.3 Å². The molecule has 2 rings (SSSR count). The van der Waals surface area contributed by atoms with E-state index >= 15 is 0 Å². The smallest absolute Gasteiger partial charge is 0.345 e. The van der Waals surface area contributed by atoms with Crippen molar-refractivity contribution in [2.75, 3.05) is 26.1 Å². The van der Waals surface area contributed by atoms with Crippen molar-refractivity contribution < 1.29 is 14.4 Å². The first-order chi connectivity index (χ1) is 10.7. The van der Waals surface area contributed by atoms with Crippen molar-refractivity contribution in [2.24, 2.45) is 5.92 Å². The fourth-order valence-corrected chi connectivity index (χ4v) is 2.77. The van der Waals surface area contributed by atoms with E-state index in [0.29, 0.717) is 5.69 Å². The van der Waals surface area contributed by atoms with Gasteiger partial charge in [-0.05, 0) is 24.5 Å². The zero-order valence-corrected chi connectivity index (χ0v) is 13.5. The summed E-state index contributed by atoms with van der Waals surface area (Å²) in [6, 6.07) is 7.13. The van der Waals surface area contributed by atoms with Gasteiger partial charge in [-0.1, -0.05) is 38.2 Å². The molecule has 1 aromatic carbocycles. The first-order valence-electron chi connectivity index (χ1n) is 8.00. The van der Waals surface area contributed by atoms with Gasteiger partial charge in [0.1, 0.15) is 5.75 Å². The molecule has 0 bridgehead atoms. The van der Waals surface area contributed by atoms with Crippen LogP contribution < -0.4 is 10.1 Å². The van der Waals surface area contributed by atoms with Crippen LogP contribution in [0.2, 0.25) is 0 Å². The lowest BCUT2D eigenvalue weighted by molar-refractivity contribution is -0.0598. The van der Waals surface area contributed by atoms with Crippen molar-refractivity contribution in [2.45, 2.75) is 38.5 Å². The molecule has 0 unspecified atom stereocenters. The van der Waals surface area contributed by atoms with Gasteiger partial charge < -0.3 is 10.1 Å². The van der Waals surface area contributed by atoms with Crippen LogP contribution in [0.25, 0.3) is 0 Å². The normalized spacial score (nSPS) is 15.4. The Hall–Kier alpha value is -1.75. The van der Waals surface area contributed by atoms with Crippen molar-refractivity contribution in [3.05, 3.63) is 24.3 Å². The number of hydrogen-bond acceptors (Lipinski definition) is 3. The molecule has 1 N–H and O–H groups in total. The maximum Gasteiger partial charge on any atom is 0.345 e. The van der Waals surface area contributed by atoms with Gasteiger partial charge in [0.15, 0.2) is 0 Å². The maximum absolute atomic E-state index is 11.7. The van der Waals surface area contributed by atoms with Crippen LogP contribution in [0.5, 0.6) is 5.75 Å². The number of amides is 2. The molecule has 0 aliphatic heterocycles. The third kappa shape index (κ3) is 5.22. The number of urea groups is 1. The minimum Gasteiger partial charge on any atom is -0.494 e. The highest BCUT2D eigenvalue weighted by Crippen LogP contribution is 2.26. The largest absolute Gasteiger partial charge is 0.494 e. The summed E-state index contributed by atoms with van der Waals surface area (Å²) in [7, 11) is 3.00. The molecule has 5 heteroatoms. The molecule has 2 amide bonds. The van der Waals surface area contributed by atoms with Crippen LogP contribution in [0.1, 0.15) is 38.5 Å². The highest BCUT2D eigenvalue weighted by atomic mass is 16.7. The van der Waals surface area contributed by atoms with Gasteiger partial charge in [-0.3, -0.25) is 4.84 Å². The Morgan fingerprint density at radius 1 is 1.32 bits per heavy atom. The van der Waals surface area contributed by atoms with Gasteiger partial charge in [-0.25, -0.2) is 9.86 Å². The Labute approximate surface area is 132 Å². The Bertz CT molecular complexity index is 473. The predicted molar refractivity (Wildman–Crippen MR) is 86.9 cm³/mol. The lowest BCUT2D eigenvalue weighted by Gasteiger charge is -2.21. The summed E-state index contributed by atoms with van der Waals surface area (Å²) >= 11 is 0. The van der Waals surface area contributed by atoms with E-state index in [9.17, 15) is 4.79 Å². The number of carbonyl (C=O) groups is 1. The van der Waals surface area contributed by atoms with E-state index in [1.165, 1.54) is 39.2 Å². The van der Waals surface area contributed by atoms with Gasteiger partial charge in [-0.2, -0.15) is 0 Å².